The lowest BCUT2D eigenvalue weighted by molar-refractivity contribution is -0.128. The van der Waals surface area contributed by atoms with Gasteiger partial charge in [0.15, 0.2) is 0 Å². The highest BCUT2D eigenvalue weighted by atomic mass is 16.2. The van der Waals surface area contributed by atoms with E-state index in [0.717, 1.165) is 0 Å². The molecule has 90 valence electrons. The second-order valence-corrected chi connectivity index (χ2v) is 3.95. The maximum Gasteiger partial charge on any atom is 0.228 e. The molecule has 2 amide bonds. The van der Waals surface area contributed by atoms with Crippen LogP contribution in [0.1, 0.15) is 18.4 Å². The molecule has 0 aliphatic carbocycles. The first-order chi connectivity index (χ1) is 8.03. The Morgan fingerprint density at radius 2 is 1.82 bits per heavy atom. The average Bonchev–Trinajstić information content (AvgIpc) is 2.28. The van der Waals surface area contributed by atoms with Gasteiger partial charge >= 0.3 is 0 Å². The van der Waals surface area contributed by atoms with E-state index in [4.69, 9.17) is 11.5 Å². The van der Waals surface area contributed by atoms with Gasteiger partial charge in [-0.3, -0.25) is 9.59 Å². The summed E-state index contributed by atoms with van der Waals surface area (Å²) in [7, 11) is 0. The number of carbonyl (C=O) groups excluding carboxylic acids is 2. The predicted octanol–water partition coefficient (Wildman–Crippen LogP) is 0.861. The molecule has 0 fully saturated rings. The highest BCUT2D eigenvalue weighted by molar-refractivity contribution is 5.92. The number of hydrogen-bond acceptors (Lipinski definition) is 2. The summed E-state index contributed by atoms with van der Waals surface area (Å²) in [5.41, 5.74) is 10.2. The second kappa shape index (κ2) is 5.30. The molecule has 4 nitrogen and oxygen atoms in total. The van der Waals surface area contributed by atoms with Crippen molar-refractivity contribution in [2.24, 2.45) is 11.5 Å². The molecule has 4 N–H and O–H groups in total. The smallest absolute Gasteiger partial charge is 0.228 e. The van der Waals surface area contributed by atoms with Gasteiger partial charge in [-0.1, -0.05) is 36.4 Å². The molecule has 1 aromatic rings. The topological polar surface area (TPSA) is 86.2 Å². The summed E-state index contributed by atoms with van der Waals surface area (Å²) in [5.74, 6) is -1.13. The zero-order chi connectivity index (χ0) is 12.9. The summed E-state index contributed by atoms with van der Waals surface area (Å²) >= 11 is 0. The quantitative estimate of drug-likeness (QED) is 0.713. The van der Waals surface area contributed by atoms with Gasteiger partial charge in [0.1, 0.15) is 0 Å². The minimum Gasteiger partial charge on any atom is -0.370 e. The van der Waals surface area contributed by atoms with Crippen LogP contribution in [-0.4, -0.2) is 11.8 Å². The van der Waals surface area contributed by atoms with Gasteiger partial charge in [0.05, 0.1) is 5.41 Å². The van der Waals surface area contributed by atoms with Gasteiger partial charge in [-0.15, -0.1) is 6.58 Å². The van der Waals surface area contributed by atoms with Crippen LogP contribution in [0.4, 0.5) is 0 Å². The van der Waals surface area contributed by atoms with Gasteiger partial charge in [-0.2, -0.15) is 0 Å². The van der Waals surface area contributed by atoms with E-state index in [9.17, 15) is 9.59 Å². The summed E-state index contributed by atoms with van der Waals surface area (Å²) in [6.45, 7) is 3.60. The first kappa shape index (κ1) is 13.0. The molecule has 1 atom stereocenters. The van der Waals surface area contributed by atoms with Crippen LogP contribution < -0.4 is 11.5 Å². The fraction of sp³-hybridized carbons (Fsp3) is 0.231. The molecule has 1 rings (SSSR count). The van der Waals surface area contributed by atoms with E-state index in [0.29, 0.717) is 5.56 Å². The molecule has 0 aromatic heterocycles. The van der Waals surface area contributed by atoms with Crippen LogP contribution in [0.25, 0.3) is 0 Å². The van der Waals surface area contributed by atoms with Gasteiger partial charge in [0.2, 0.25) is 11.8 Å². The van der Waals surface area contributed by atoms with Crippen LogP contribution in [0, 0.1) is 0 Å². The van der Waals surface area contributed by atoms with Gasteiger partial charge in [0, 0.05) is 6.42 Å². The molecule has 0 aliphatic rings. The molecule has 1 aromatic carbocycles. The summed E-state index contributed by atoms with van der Waals surface area (Å²) in [5, 5.41) is 0. The number of nitrogens with two attached hydrogens (primary N) is 2. The molecule has 0 aliphatic heterocycles. The van der Waals surface area contributed by atoms with Crippen LogP contribution in [0.2, 0.25) is 0 Å². The molecule has 0 saturated carbocycles. The van der Waals surface area contributed by atoms with Crippen molar-refractivity contribution >= 4 is 11.8 Å². The highest BCUT2D eigenvalue weighted by Gasteiger charge is 2.38. The number of hydrogen-bond donors (Lipinski definition) is 2. The Morgan fingerprint density at radius 3 is 2.24 bits per heavy atom. The molecule has 0 radical (unpaired) electrons. The monoisotopic (exact) mass is 232 g/mol. The van der Waals surface area contributed by atoms with Crippen LogP contribution in [0.5, 0.6) is 0 Å². The number of primary amides is 2. The van der Waals surface area contributed by atoms with Gasteiger partial charge in [-0.05, 0) is 12.0 Å². The van der Waals surface area contributed by atoms with Crippen molar-refractivity contribution in [2.45, 2.75) is 18.3 Å². The first-order valence-corrected chi connectivity index (χ1v) is 5.27. The SMILES string of the molecule is C=CCC(CC(N)=O)(C(N)=O)c1ccccc1. The van der Waals surface area contributed by atoms with E-state index in [-0.39, 0.29) is 12.8 Å². The number of carbonyl (C=O) groups is 2. The van der Waals surface area contributed by atoms with Crippen molar-refractivity contribution in [1.82, 2.24) is 0 Å². The maximum absolute atomic E-state index is 11.7. The molecule has 0 heterocycles. The van der Waals surface area contributed by atoms with Crippen molar-refractivity contribution in [3.8, 4) is 0 Å². The van der Waals surface area contributed by atoms with Crippen molar-refractivity contribution < 1.29 is 9.59 Å². The lowest BCUT2D eigenvalue weighted by Crippen LogP contribution is -2.44. The number of allylic oxidation sites excluding steroid dienone is 1. The summed E-state index contributed by atoms with van der Waals surface area (Å²) in [6, 6.07) is 8.93. The van der Waals surface area contributed by atoms with E-state index in [1.165, 1.54) is 0 Å². The van der Waals surface area contributed by atoms with Crippen LogP contribution >= 0.6 is 0 Å². The molecule has 1 unspecified atom stereocenters. The molecule has 0 spiro atoms. The maximum atomic E-state index is 11.7. The molecule has 17 heavy (non-hydrogen) atoms. The summed E-state index contributed by atoms with van der Waals surface area (Å²) in [6.07, 6.45) is 1.74. The van der Waals surface area contributed by atoms with Gasteiger partial charge in [0.25, 0.3) is 0 Å². The van der Waals surface area contributed by atoms with E-state index >= 15 is 0 Å². The normalized spacial score (nSPS) is 13.6. The van der Waals surface area contributed by atoms with Gasteiger partial charge in [-0.25, -0.2) is 0 Å². The molecule has 0 saturated heterocycles. The van der Waals surface area contributed by atoms with Crippen molar-refractivity contribution in [2.75, 3.05) is 0 Å². The largest absolute Gasteiger partial charge is 0.370 e. The highest BCUT2D eigenvalue weighted by Crippen LogP contribution is 2.31. The van der Waals surface area contributed by atoms with E-state index in [1.807, 2.05) is 6.07 Å². The van der Waals surface area contributed by atoms with Gasteiger partial charge < -0.3 is 11.5 Å². The van der Waals surface area contributed by atoms with Crippen molar-refractivity contribution in [3.63, 3.8) is 0 Å². The molecule has 0 bridgehead atoms. The third kappa shape index (κ3) is 2.72. The summed E-state index contributed by atoms with van der Waals surface area (Å²) in [4.78, 5) is 22.9. The molecular weight excluding hydrogens is 216 g/mol. The number of amides is 2. The zero-order valence-electron chi connectivity index (χ0n) is 9.56. The summed E-state index contributed by atoms with van der Waals surface area (Å²) < 4.78 is 0. The molecular formula is C13H16N2O2. The third-order valence-electron chi connectivity index (χ3n) is 2.77. The van der Waals surface area contributed by atoms with E-state index < -0.39 is 17.2 Å². The van der Waals surface area contributed by atoms with E-state index in [2.05, 4.69) is 6.58 Å². The second-order valence-electron chi connectivity index (χ2n) is 3.95. The lowest BCUT2D eigenvalue weighted by atomic mass is 9.74. The average molecular weight is 232 g/mol. The Balaban J connectivity index is 3.28. The van der Waals surface area contributed by atoms with Crippen molar-refractivity contribution in [1.29, 1.82) is 0 Å². The minimum atomic E-state index is -1.09. The Labute approximate surface area is 100 Å². The third-order valence-corrected chi connectivity index (χ3v) is 2.77. The fourth-order valence-corrected chi connectivity index (χ4v) is 1.92. The van der Waals surface area contributed by atoms with Crippen LogP contribution in [-0.2, 0) is 15.0 Å². The zero-order valence-corrected chi connectivity index (χ0v) is 9.56. The Morgan fingerprint density at radius 1 is 1.24 bits per heavy atom. The van der Waals surface area contributed by atoms with Crippen molar-refractivity contribution in [3.05, 3.63) is 48.6 Å². The number of benzene rings is 1. The molecule has 4 heteroatoms. The fourth-order valence-electron chi connectivity index (χ4n) is 1.92. The minimum absolute atomic E-state index is 0.113. The Bertz CT molecular complexity index is 428. The Kier molecular flexibility index (Phi) is 4.04. The lowest BCUT2D eigenvalue weighted by Gasteiger charge is -2.28. The number of rotatable bonds is 6. The standard InChI is InChI=1S/C13H16N2O2/c1-2-8-13(12(15)17,9-11(14)16)10-6-4-3-5-7-10/h2-7H,1,8-9H2,(H2,14,16)(H2,15,17). The Hall–Kier alpha value is -2.10. The first-order valence-electron chi connectivity index (χ1n) is 5.27. The predicted molar refractivity (Wildman–Crippen MR) is 65.9 cm³/mol. The van der Waals surface area contributed by atoms with Crippen LogP contribution in [0.15, 0.2) is 43.0 Å². The van der Waals surface area contributed by atoms with E-state index in [1.54, 1.807) is 30.3 Å². The van der Waals surface area contributed by atoms with Crippen LogP contribution in [0.3, 0.4) is 0 Å².